The topological polar surface area (TPSA) is 36.7 Å². The van der Waals surface area contributed by atoms with Gasteiger partial charge in [-0.05, 0) is 43.2 Å². The van der Waals surface area contributed by atoms with Crippen molar-refractivity contribution in [2.75, 3.05) is 23.4 Å². The Morgan fingerprint density at radius 1 is 1.09 bits per heavy atom. The third-order valence-electron chi connectivity index (χ3n) is 5.85. The van der Waals surface area contributed by atoms with Crippen LogP contribution in [-0.2, 0) is 6.54 Å². The van der Waals surface area contributed by atoms with Crippen molar-refractivity contribution >= 4 is 39.7 Å². The van der Waals surface area contributed by atoms with Crippen molar-refractivity contribution < 1.29 is 8.78 Å². The molecule has 0 N–H and O–H groups in total. The van der Waals surface area contributed by atoms with Crippen LogP contribution in [0.15, 0.2) is 60.8 Å². The summed E-state index contributed by atoms with van der Waals surface area (Å²) < 4.78 is 30.0. The van der Waals surface area contributed by atoms with Gasteiger partial charge in [0.1, 0.15) is 5.82 Å². The lowest BCUT2D eigenvalue weighted by molar-refractivity contribution is 0.498. The Bertz CT molecular complexity index is 1260. The molecule has 0 bridgehead atoms. The van der Waals surface area contributed by atoms with E-state index in [9.17, 15) is 8.78 Å². The first-order chi connectivity index (χ1) is 15.5. The van der Waals surface area contributed by atoms with E-state index in [0.29, 0.717) is 9.87 Å². The first-order valence-electron chi connectivity index (χ1n) is 10.5. The van der Waals surface area contributed by atoms with E-state index in [2.05, 4.69) is 56.7 Å². The number of anilines is 2. The van der Waals surface area contributed by atoms with Crippen LogP contribution in [0.5, 0.6) is 0 Å². The Morgan fingerprint density at radius 3 is 2.66 bits per heavy atom. The Balaban J connectivity index is 1.43. The van der Waals surface area contributed by atoms with Gasteiger partial charge in [-0.3, -0.25) is 0 Å². The van der Waals surface area contributed by atoms with E-state index in [1.807, 2.05) is 18.3 Å². The summed E-state index contributed by atoms with van der Waals surface area (Å²) in [6.45, 7) is 1.29. The number of nitrogens with zero attached hydrogens (tertiary/aromatic N) is 5. The van der Waals surface area contributed by atoms with Crippen molar-refractivity contribution in [3.63, 3.8) is 0 Å². The molecule has 1 fully saturated rings. The van der Waals surface area contributed by atoms with E-state index in [4.69, 9.17) is 5.10 Å². The third-order valence-corrected chi connectivity index (χ3v) is 7.15. The fraction of sp³-hybridized carbons (Fsp3) is 0.250. The quantitative estimate of drug-likeness (QED) is 0.184. The molecule has 8 heteroatoms. The minimum Gasteiger partial charge on any atom is -0.360 e. The van der Waals surface area contributed by atoms with Crippen molar-refractivity contribution in [2.24, 2.45) is 0 Å². The molecule has 2 aromatic heterocycles. The summed E-state index contributed by atoms with van der Waals surface area (Å²) in [6.07, 6.45) is 4.25. The Kier molecular flexibility index (Phi) is 5.71. The fourth-order valence-corrected chi connectivity index (χ4v) is 5.15. The van der Waals surface area contributed by atoms with Gasteiger partial charge in [-0.25, -0.2) is 18.3 Å². The average Bonchev–Trinajstić information content (AvgIpc) is 3.42. The Hall–Kier alpha value is -2.75. The average molecular weight is 545 g/mol. The van der Waals surface area contributed by atoms with Crippen LogP contribution in [0.25, 0.3) is 16.9 Å². The van der Waals surface area contributed by atoms with E-state index < -0.39 is 11.6 Å². The lowest BCUT2D eigenvalue weighted by Crippen LogP contribution is -2.23. The van der Waals surface area contributed by atoms with Gasteiger partial charge in [0.15, 0.2) is 17.3 Å². The van der Waals surface area contributed by atoms with Crippen LogP contribution in [0, 0.1) is 11.6 Å². The zero-order chi connectivity index (χ0) is 22.2. The highest BCUT2D eigenvalue weighted by molar-refractivity contribution is 14.1. The smallest absolute Gasteiger partial charge is 0.163 e. The van der Waals surface area contributed by atoms with Gasteiger partial charge in [-0.2, -0.15) is 0 Å². The summed E-state index contributed by atoms with van der Waals surface area (Å²) in [5, 5.41) is 4.72. The van der Waals surface area contributed by atoms with E-state index >= 15 is 0 Å². The standard InChI is InChI=1S/C24H22F2IN5/c1-30(15-17-4-2-5-19(25)24(17)26)23-12-11-22-28-14-20(32(22)29-23)16-7-9-18(10-8-16)31-13-3-6-21(31)27/h2,4-5,7-12,14,21H,3,6,13,15H2,1H3. The van der Waals surface area contributed by atoms with Crippen LogP contribution in [0.4, 0.5) is 20.3 Å². The SMILES string of the molecule is CN(Cc1cccc(F)c1F)c1ccc2ncc(-c3ccc(N4CCCC4I)cc3)n2n1. The molecule has 0 radical (unpaired) electrons. The van der Waals surface area contributed by atoms with Gasteiger partial charge < -0.3 is 9.80 Å². The predicted molar refractivity (Wildman–Crippen MR) is 131 cm³/mol. The molecular formula is C24H22F2IN5. The van der Waals surface area contributed by atoms with Crippen molar-refractivity contribution in [2.45, 2.75) is 23.4 Å². The second-order valence-corrected chi connectivity index (χ2v) is 9.43. The maximum atomic E-state index is 14.1. The highest BCUT2D eigenvalue weighted by Crippen LogP contribution is 2.31. The number of benzene rings is 2. The highest BCUT2D eigenvalue weighted by Gasteiger charge is 2.22. The minimum atomic E-state index is -0.845. The molecular weight excluding hydrogens is 523 g/mol. The van der Waals surface area contributed by atoms with Crippen molar-refractivity contribution in [3.8, 4) is 11.3 Å². The monoisotopic (exact) mass is 545 g/mol. The van der Waals surface area contributed by atoms with Crippen LogP contribution >= 0.6 is 22.6 Å². The predicted octanol–water partition coefficient (Wildman–Crippen LogP) is 5.67. The maximum Gasteiger partial charge on any atom is 0.163 e. The first-order valence-corrected chi connectivity index (χ1v) is 11.8. The van der Waals surface area contributed by atoms with E-state index in [1.54, 1.807) is 22.5 Å². The normalized spacial score (nSPS) is 16.1. The number of rotatable bonds is 5. The number of imidazole rings is 1. The second kappa shape index (κ2) is 8.65. The fourth-order valence-electron chi connectivity index (χ4n) is 4.11. The zero-order valence-corrected chi connectivity index (χ0v) is 19.7. The number of hydrogen-bond donors (Lipinski definition) is 0. The molecule has 0 aliphatic carbocycles. The summed E-state index contributed by atoms with van der Waals surface area (Å²) >= 11 is 2.50. The molecule has 0 spiro atoms. The number of aromatic nitrogens is 3. The number of fused-ring (bicyclic) bond motifs is 1. The van der Waals surface area contributed by atoms with Crippen molar-refractivity contribution in [3.05, 3.63) is 78.0 Å². The molecule has 0 amide bonds. The Morgan fingerprint density at radius 2 is 1.91 bits per heavy atom. The van der Waals surface area contributed by atoms with Crippen LogP contribution < -0.4 is 9.80 Å². The highest BCUT2D eigenvalue weighted by atomic mass is 127. The van der Waals surface area contributed by atoms with Crippen molar-refractivity contribution in [1.82, 2.24) is 14.6 Å². The van der Waals surface area contributed by atoms with Crippen LogP contribution in [0.3, 0.4) is 0 Å². The molecule has 3 heterocycles. The summed E-state index contributed by atoms with van der Waals surface area (Å²) in [5.41, 5.74) is 4.14. The van der Waals surface area contributed by atoms with E-state index in [-0.39, 0.29) is 12.1 Å². The van der Waals surface area contributed by atoms with Crippen LogP contribution in [0.1, 0.15) is 18.4 Å². The van der Waals surface area contributed by atoms with Crippen LogP contribution in [0.2, 0.25) is 0 Å². The van der Waals surface area contributed by atoms with Crippen LogP contribution in [-0.4, -0.2) is 32.2 Å². The number of halogens is 3. The third kappa shape index (κ3) is 3.92. The molecule has 164 valence electrons. The summed E-state index contributed by atoms with van der Waals surface area (Å²) in [4.78, 5) is 8.69. The first kappa shape index (κ1) is 21.1. The molecule has 32 heavy (non-hydrogen) atoms. The number of alkyl halides is 1. The summed E-state index contributed by atoms with van der Waals surface area (Å²) in [7, 11) is 1.81. The van der Waals surface area contributed by atoms with Gasteiger partial charge >= 0.3 is 0 Å². The molecule has 5 rings (SSSR count). The molecule has 1 aliphatic rings. The number of hydrogen-bond acceptors (Lipinski definition) is 4. The summed E-state index contributed by atoms with van der Waals surface area (Å²) in [5.74, 6) is -1.03. The summed E-state index contributed by atoms with van der Waals surface area (Å²) in [6, 6.07) is 16.4. The maximum absolute atomic E-state index is 14.1. The van der Waals surface area contributed by atoms with Gasteiger partial charge in [-0.15, -0.1) is 5.10 Å². The molecule has 0 saturated carbocycles. The van der Waals surface area contributed by atoms with Gasteiger partial charge in [-0.1, -0.05) is 46.9 Å². The lowest BCUT2D eigenvalue weighted by atomic mass is 10.1. The lowest BCUT2D eigenvalue weighted by Gasteiger charge is -2.22. The van der Waals surface area contributed by atoms with E-state index in [0.717, 1.165) is 29.5 Å². The van der Waals surface area contributed by atoms with Gasteiger partial charge in [0.25, 0.3) is 0 Å². The molecule has 1 atom stereocenters. The molecule has 1 saturated heterocycles. The minimum absolute atomic E-state index is 0.203. The largest absolute Gasteiger partial charge is 0.360 e. The second-order valence-electron chi connectivity index (χ2n) is 7.99. The van der Waals surface area contributed by atoms with Gasteiger partial charge in [0.2, 0.25) is 0 Å². The van der Waals surface area contributed by atoms with Crippen molar-refractivity contribution in [1.29, 1.82) is 0 Å². The molecule has 5 nitrogen and oxygen atoms in total. The molecule has 1 aliphatic heterocycles. The molecule has 4 aromatic rings. The zero-order valence-electron chi connectivity index (χ0n) is 17.5. The Labute approximate surface area is 198 Å². The van der Waals surface area contributed by atoms with E-state index in [1.165, 1.54) is 24.6 Å². The molecule has 1 unspecified atom stereocenters. The van der Waals surface area contributed by atoms with Gasteiger partial charge in [0.05, 0.1) is 15.9 Å². The molecule has 2 aromatic carbocycles. The van der Waals surface area contributed by atoms with Gasteiger partial charge in [0, 0.05) is 37.0 Å².